The van der Waals surface area contributed by atoms with E-state index in [9.17, 15) is 0 Å². The summed E-state index contributed by atoms with van der Waals surface area (Å²) in [7, 11) is -2.85. The first-order valence-electron chi connectivity index (χ1n) is 17.9. The molecule has 1 heterocycles. The first kappa shape index (κ1) is 39.0. The molecule has 0 unspecified atom stereocenters. The molecule has 0 spiro atoms. The molecule has 48 heavy (non-hydrogen) atoms. The average molecular weight is 789 g/mol. The highest BCUT2D eigenvalue weighted by Gasteiger charge is 2.54. The number of benzene rings is 3. The Morgan fingerprint density at radius 1 is 0.646 bits per heavy atom. The fourth-order valence-corrected chi connectivity index (χ4v) is 11.3. The predicted molar refractivity (Wildman–Crippen MR) is 206 cm³/mol. The molecule has 0 N–H and O–H groups in total. The van der Waals surface area contributed by atoms with Gasteiger partial charge in [0.2, 0.25) is 6.29 Å². The fourth-order valence-electron chi connectivity index (χ4n) is 6.38. The number of unbranched alkanes of at least 4 members (excludes halogenated alkanes) is 3. The van der Waals surface area contributed by atoms with Crippen molar-refractivity contribution in [1.29, 1.82) is 0 Å². The van der Waals surface area contributed by atoms with E-state index >= 15 is 0 Å². The Morgan fingerprint density at radius 3 is 1.60 bits per heavy atom. The molecule has 264 valence electrons. The van der Waals surface area contributed by atoms with Crippen molar-refractivity contribution >= 4 is 41.3 Å². The molecule has 0 bridgehead atoms. The van der Waals surface area contributed by atoms with E-state index in [0.717, 1.165) is 47.8 Å². The Bertz CT molecular complexity index is 1260. The molecule has 0 amide bonds. The van der Waals surface area contributed by atoms with Gasteiger partial charge in [0.05, 0.1) is 6.61 Å². The maximum Gasteiger partial charge on any atom is 0.261 e. The van der Waals surface area contributed by atoms with Crippen LogP contribution in [-0.4, -0.2) is 65.5 Å². The average Bonchev–Trinajstić information content (AvgIpc) is 3.08. The lowest BCUT2D eigenvalue weighted by molar-refractivity contribution is -0.302. The van der Waals surface area contributed by atoms with E-state index < -0.39 is 32.9 Å². The SMILES string of the molecule is CCCCO[C@@H]1[C@H](OCCCC)[C@@H](Oc2ccc(I)cc2)O[C@H](CO[Si](c2ccccc2)(c2ccccc2)C(C)(C)C)[C@H]1OCCCC. The molecule has 0 aromatic heterocycles. The highest BCUT2D eigenvalue weighted by molar-refractivity contribution is 14.1. The minimum atomic E-state index is -2.85. The first-order chi connectivity index (χ1) is 23.2. The summed E-state index contributed by atoms with van der Waals surface area (Å²) in [5, 5.41) is 2.28. The summed E-state index contributed by atoms with van der Waals surface area (Å²) < 4.78 is 42.3. The molecule has 1 aliphatic rings. The fraction of sp³-hybridized carbons (Fsp3) is 0.550. The standard InChI is InChI=1S/C40H57IO6Si/c1-7-10-27-42-36-35(30-45-48(40(4,5)6,33-19-15-13-16-20-33)34-21-17-14-18-22-34)47-39(46-32-25-23-31(41)24-26-32)38(44-29-12-9-3)37(36)43-28-11-8-2/h13-26,35-39H,7-12,27-30H2,1-6H3/t35-,36-,37+,38+,39+/m1/s1. The van der Waals surface area contributed by atoms with Gasteiger partial charge in [0.25, 0.3) is 8.32 Å². The Labute approximate surface area is 304 Å². The molecule has 1 fully saturated rings. The number of rotatable bonds is 19. The minimum absolute atomic E-state index is 0.178. The molecule has 0 radical (unpaired) electrons. The molecule has 1 saturated heterocycles. The van der Waals surface area contributed by atoms with Gasteiger partial charge in [-0.25, -0.2) is 0 Å². The van der Waals surface area contributed by atoms with E-state index in [2.05, 4.69) is 125 Å². The lowest BCUT2D eigenvalue weighted by atomic mass is 9.98. The second-order valence-electron chi connectivity index (χ2n) is 13.7. The van der Waals surface area contributed by atoms with Crippen LogP contribution in [0.15, 0.2) is 84.9 Å². The molecule has 3 aromatic carbocycles. The zero-order valence-corrected chi connectivity index (χ0v) is 33.0. The summed E-state index contributed by atoms with van der Waals surface area (Å²) >= 11 is 2.31. The summed E-state index contributed by atoms with van der Waals surface area (Å²) in [6.07, 6.45) is 3.54. The topological polar surface area (TPSA) is 55.4 Å². The Balaban J connectivity index is 1.77. The van der Waals surface area contributed by atoms with Gasteiger partial charge in [0, 0.05) is 23.4 Å². The van der Waals surface area contributed by atoms with Crippen molar-refractivity contribution in [3.63, 3.8) is 0 Å². The minimum Gasteiger partial charge on any atom is -0.462 e. The Hall–Kier alpha value is -1.79. The van der Waals surface area contributed by atoms with Crippen molar-refractivity contribution in [3.05, 3.63) is 88.5 Å². The van der Waals surface area contributed by atoms with Crippen molar-refractivity contribution in [2.45, 2.75) is 116 Å². The summed E-state index contributed by atoms with van der Waals surface area (Å²) in [5.41, 5.74) is 0. The third-order valence-electron chi connectivity index (χ3n) is 8.96. The smallest absolute Gasteiger partial charge is 0.261 e. The summed E-state index contributed by atoms with van der Waals surface area (Å²) in [6, 6.07) is 29.5. The van der Waals surface area contributed by atoms with Gasteiger partial charge < -0.3 is 28.1 Å². The van der Waals surface area contributed by atoms with Gasteiger partial charge in [-0.2, -0.15) is 0 Å². The maximum atomic E-state index is 7.45. The highest BCUT2D eigenvalue weighted by Crippen LogP contribution is 2.38. The van der Waals surface area contributed by atoms with Gasteiger partial charge in [-0.3, -0.25) is 0 Å². The largest absolute Gasteiger partial charge is 0.462 e. The van der Waals surface area contributed by atoms with Gasteiger partial charge in [-0.1, -0.05) is 121 Å². The molecule has 4 rings (SSSR count). The van der Waals surface area contributed by atoms with Gasteiger partial charge in [-0.05, 0) is 81.5 Å². The molecule has 6 nitrogen and oxygen atoms in total. The summed E-state index contributed by atoms with van der Waals surface area (Å²) in [4.78, 5) is 0. The predicted octanol–water partition coefficient (Wildman–Crippen LogP) is 8.53. The molecule has 8 heteroatoms. The van der Waals surface area contributed by atoms with Crippen molar-refractivity contribution in [2.75, 3.05) is 26.4 Å². The molecule has 5 atom stereocenters. The van der Waals surface area contributed by atoms with Crippen molar-refractivity contribution in [3.8, 4) is 5.75 Å². The second-order valence-corrected chi connectivity index (χ2v) is 19.2. The van der Waals surface area contributed by atoms with Crippen molar-refractivity contribution < 1.29 is 28.1 Å². The number of halogens is 1. The van der Waals surface area contributed by atoms with Gasteiger partial charge in [0.1, 0.15) is 30.2 Å². The Morgan fingerprint density at radius 2 is 1.12 bits per heavy atom. The van der Waals surface area contributed by atoms with Crippen LogP contribution in [0.1, 0.15) is 80.1 Å². The van der Waals surface area contributed by atoms with E-state index in [1.54, 1.807) is 0 Å². The molecule has 0 aliphatic carbocycles. The van der Waals surface area contributed by atoms with E-state index in [-0.39, 0.29) is 11.1 Å². The van der Waals surface area contributed by atoms with Gasteiger partial charge in [-0.15, -0.1) is 0 Å². The van der Waals surface area contributed by atoms with Crippen molar-refractivity contribution in [1.82, 2.24) is 0 Å². The summed E-state index contributed by atoms with van der Waals surface area (Å²) in [5.74, 6) is 0.730. The zero-order valence-electron chi connectivity index (χ0n) is 29.9. The van der Waals surface area contributed by atoms with Crippen molar-refractivity contribution in [2.24, 2.45) is 0 Å². The number of ether oxygens (including phenoxy) is 5. The van der Waals surface area contributed by atoms with Crippen LogP contribution in [-0.2, 0) is 23.4 Å². The second kappa shape index (κ2) is 19.6. The molecular formula is C40H57IO6Si. The van der Waals surface area contributed by atoms with Crippen LogP contribution in [0.5, 0.6) is 5.75 Å². The van der Waals surface area contributed by atoms with Gasteiger partial charge >= 0.3 is 0 Å². The third kappa shape index (κ3) is 10.1. The van der Waals surface area contributed by atoms with Crippen LogP contribution in [0.25, 0.3) is 0 Å². The third-order valence-corrected chi connectivity index (χ3v) is 14.7. The van der Waals surface area contributed by atoms with Crippen LogP contribution in [0, 0.1) is 3.57 Å². The monoisotopic (exact) mass is 788 g/mol. The lowest BCUT2D eigenvalue weighted by Gasteiger charge is -2.48. The van der Waals surface area contributed by atoms with Crippen LogP contribution < -0.4 is 15.1 Å². The van der Waals surface area contributed by atoms with Gasteiger partial charge in [0.15, 0.2) is 0 Å². The lowest BCUT2D eigenvalue weighted by Crippen LogP contribution is -2.69. The molecule has 3 aromatic rings. The number of hydrogen-bond acceptors (Lipinski definition) is 6. The van der Waals surface area contributed by atoms with E-state index in [4.69, 9.17) is 28.1 Å². The molecule has 1 aliphatic heterocycles. The maximum absolute atomic E-state index is 7.45. The van der Waals surface area contributed by atoms with E-state index in [1.165, 1.54) is 10.4 Å². The van der Waals surface area contributed by atoms with Crippen LogP contribution in [0.4, 0.5) is 0 Å². The van der Waals surface area contributed by atoms with Crippen LogP contribution in [0.2, 0.25) is 5.04 Å². The highest BCUT2D eigenvalue weighted by atomic mass is 127. The van der Waals surface area contributed by atoms with Crippen LogP contribution in [0.3, 0.4) is 0 Å². The van der Waals surface area contributed by atoms with E-state index in [0.29, 0.717) is 26.4 Å². The first-order valence-corrected chi connectivity index (χ1v) is 20.9. The molecule has 0 saturated carbocycles. The number of hydrogen-bond donors (Lipinski definition) is 0. The Kier molecular flexibility index (Phi) is 15.9. The normalized spacial score (nSPS) is 21.7. The quantitative estimate of drug-likeness (QED) is 0.0690. The summed E-state index contributed by atoms with van der Waals surface area (Å²) in [6.45, 7) is 15.6. The zero-order chi connectivity index (χ0) is 34.4. The molecular weight excluding hydrogens is 731 g/mol. The van der Waals surface area contributed by atoms with E-state index in [1.807, 2.05) is 24.3 Å². The van der Waals surface area contributed by atoms with Crippen LogP contribution >= 0.6 is 22.6 Å².